The molecule has 1 aromatic heterocycles. The number of hydrogen-bond donors (Lipinski definition) is 2. The van der Waals surface area contributed by atoms with Gasteiger partial charge in [0.1, 0.15) is 5.82 Å². The number of benzene rings is 1. The Labute approximate surface area is 107 Å². The zero-order chi connectivity index (χ0) is 13.3. The van der Waals surface area contributed by atoms with Crippen molar-refractivity contribution in [2.24, 2.45) is 18.7 Å². The lowest BCUT2D eigenvalue weighted by molar-refractivity contribution is 0.00189. The quantitative estimate of drug-likeness (QED) is 0.859. The Morgan fingerprint density at radius 3 is 2.61 bits per heavy atom. The number of aromatic nitrogens is 2. The van der Waals surface area contributed by atoms with Crippen LogP contribution in [-0.2, 0) is 13.5 Å². The minimum atomic E-state index is -0.894. The molecule has 4 heteroatoms. The molecule has 4 nitrogen and oxygen atoms in total. The van der Waals surface area contributed by atoms with Crippen molar-refractivity contribution >= 4 is 11.0 Å². The van der Waals surface area contributed by atoms with Crippen molar-refractivity contribution in [3.63, 3.8) is 0 Å². The molecular formula is C14H21N3O. The van der Waals surface area contributed by atoms with Crippen LogP contribution in [0.1, 0.15) is 19.7 Å². The first-order valence-electron chi connectivity index (χ1n) is 6.30. The average molecular weight is 247 g/mol. The molecule has 0 bridgehead atoms. The van der Waals surface area contributed by atoms with E-state index in [1.807, 2.05) is 49.7 Å². The summed E-state index contributed by atoms with van der Waals surface area (Å²) in [5.74, 6) is 0.972. The summed E-state index contributed by atoms with van der Waals surface area (Å²) in [5, 5.41) is 10.5. The van der Waals surface area contributed by atoms with Crippen molar-refractivity contribution in [2.45, 2.75) is 25.9 Å². The van der Waals surface area contributed by atoms with E-state index in [9.17, 15) is 5.11 Å². The highest BCUT2D eigenvalue weighted by Crippen LogP contribution is 2.23. The molecule has 1 aromatic carbocycles. The molecule has 2 rings (SSSR count). The summed E-state index contributed by atoms with van der Waals surface area (Å²) in [6, 6.07) is 7.97. The average Bonchev–Trinajstić information content (AvgIpc) is 2.66. The van der Waals surface area contributed by atoms with E-state index in [0.29, 0.717) is 6.42 Å². The van der Waals surface area contributed by atoms with Gasteiger partial charge in [0.05, 0.1) is 16.6 Å². The second-order valence-corrected chi connectivity index (χ2v) is 5.21. The number of hydrogen-bond acceptors (Lipinski definition) is 3. The van der Waals surface area contributed by atoms with Gasteiger partial charge in [-0.25, -0.2) is 4.98 Å². The maximum absolute atomic E-state index is 10.5. The summed E-state index contributed by atoms with van der Waals surface area (Å²) in [6.45, 7) is 4.21. The van der Waals surface area contributed by atoms with Gasteiger partial charge in [-0.1, -0.05) is 26.0 Å². The summed E-state index contributed by atoms with van der Waals surface area (Å²) in [4.78, 5) is 4.58. The van der Waals surface area contributed by atoms with E-state index < -0.39 is 5.60 Å². The van der Waals surface area contributed by atoms with Crippen molar-refractivity contribution in [2.75, 3.05) is 6.54 Å². The second kappa shape index (κ2) is 4.71. The number of para-hydroxylation sites is 2. The second-order valence-electron chi connectivity index (χ2n) is 5.21. The zero-order valence-electron chi connectivity index (χ0n) is 11.2. The van der Waals surface area contributed by atoms with E-state index in [1.165, 1.54) is 0 Å². The largest absolute Gasteiger partial charge is 0.388 e. The van der Waals surface area contributed by atoms with Crippen LogP contribution in [0.25, 0.3) is 11.0 Å². The first-order chi connectivity index (χ1) is 8.48. The molecule has 1 atom stereocenters. The van der Waals surface area contributed by atoms with Gasteiger partial charge in [0.15, 0.2) is 0 Å². The monoisotopic (exact) mass is 247 g/mol. The SMILES string of the molecule is CC(C)C(O)(CN)Cc1nc2ccccc2n1C. The smallest absolute Gasteiger partial charge is 0.112 e. The standard InChI is InChI=1S/C14H21N3O/c1-10(2)14(18,9-15)8-13-16-11-6-4-5-7-12(11)17(13)3/h4-7,10,18H,8-9,15H2,1-3H3. The number of imidazole rings is 1. The molecule has 2 aromatic rings. The number of aryl methyl sites for hydroxylation is 1. The van der Waals surface area contributed by atoms with Gasteiger partial charge in [-0.2, -0.15) is 0 Å². The Hall–Kier alpha value is -1.39. The van der Waals surface area contributed by atoms with Crippen LogP contribution in [0, 0.1) is 5.92 Å². The van der Waals surface area contributed by atoms with Gasteiger partial charge in [-0.05, 0) is 18.1 Å². The number of fused-ring (bicyclic) bond motifs is 1. The molecular weight excluding hydrogens is 226 g/mol. The van der Waals surface area contributed by atoms with Gasteiger partial charge in [0, 0.05) is 20.0 Å². The topological polar surface area (TPSA) is 64.1 Å². The number of aliphatic hydroxyl groups is 1. The van der Waals surface area contributed by atoms with Crippen molar-refractivity contribution < 1.29 is 5.11 Å². The van der Waals surface area contributed by atoms with Crippen molar-refractivity contribution in [1.82, 2.24) is 9.55 Å². The van der Waals surface area contributed by atoms with E-state index >= 15 is 0 Å². The molecule has 0 saturated carbocycles. The van der Waals surface area contributed by atoms with Gasteiger partial charge < -0.3 is 15.4 Å². The molecule has 98 valence electrons. The third kappa shape index (κ3) is 2.13. The highest BCUT2D eigenvalue weighted by molar-refractivity contribution is 5.75. The molecule has 1 heterocycles. The Morgan fingerprint density at radius 1 is 1.39 bits per heavy atom. The van der Waals surface area contributed by atoms with Crippen molar-refractivity contribution in [3.05, 3.63) is 30.1 Å². The maximum atomic E-state index is 10.5. The van der Waals surface area contributed by atoms with Crippen LogP contribution in [0.3, 0.4) is 0 Å². The normalized spacial score (nSPS) is 15.2. The summed E-state index contributed by atoms with van der Waals surface area (Å²) in [6.07, 6.45) is 0.479. The lowest BCUT2D eigenvalue weighted by atomic mass is 9.87. The predicted octanol–water partition coefficient (Wildman–Crippen LogP) is 1.46. The van der Waals surface area contributed by atoms with E-state index in [1.54, 1.807) is 0 Å². The Bertz CT molecular complexity index is 547. The molecule has 3 N–H and O–H groups in total. The Morgan fingerprint density at radius 2 is 2.06 bits per heavy atom. The molecule has 0 radical (unpaired) electrons. The minimum absolute atomic E-state index is 0.0994. The lowest BCUT2D eigenvalue weighted by Crippen LogP contribution is -2.45. The Balaban J connectivity index is 2.40. The van der Waals surface area contributed by atoms with Crippen LogP contribution in [0.15, 0.2) is 24.3 Å². The van der Waals surface area contributed by atoms with Crippen molar-refractivity contribution in [1.29, 1.82) is 0 Å². The zero-order valence-corrected chi connectivity index (χ0v) is 11.2. The van der Waals surface area contributed by atoms with Crippen molar-refractivity contribution in [3.8, 4) is 0 Å². The van der Waals surface area contributed by atoms with Crippen LogP contribution in [-0.4, -0.2) is 26.8 Å². The fourth-order valence-corrected chi connectivity index (χ4v) is 2.14. The van der Waals surface area contributed by atoms with Gasteiger partial charge >= 0.3 is 0 Å². The summed E-state index contributed by atoms with van der Waals surface area (Å²) in [5.41, 5.74) is 6.86. The van der Waals surface area contributed by atoms with Crippen LogP contribution in [0.2, 0.25) is 0 Å². The van der Waals surface area contributed by atoms with Crippen LogP contribution in [0.4, 0.5) is 0 Å². The molecule has 0 fully saturated rings. The highest BCUT2D eigenvalue weighted by Gasteiger charge is 2.31. The maximum Gasteiger partial charge on any atom is 0.112 e. The van der Waals surface area contributed by atoms with Gasteiger partial charge in [0.25, 0.3) is 0 Å². The fourth-order valence-electron chi connectivity index (χ4n) is 2.14. The molecule has 0 aliphatic heterocycles. The molecule has 0 spiro atoms. The molecule has 0 aliphatic rings. The number of nitrogens with zero attached hydrogens (tertiary/aromatic N) is 2. The third-order valence-corrected chi connectivity index (χ3v) is 3.77. The molecule has 18 heavy (non-hydrogen) atoms. The first-order valence-corrected chi connectivity index (χ1v) is 6.30. The Kier molecular flexibility index (Phi) is 3.41. The summed E-state index contributed by atoms with van der Waals surface area (Å²) >= 11 is 0. The van der Waals surface area contributed by atoms with E-state index in [0.717, 1.165) is 16.9 Å². The van der Waals surface area contributed by atoms with E-state index in [-0.39, 0.29) is 12.5 Å². The number of nitrogens with two attached hydrogens (primary N) is 1. The summed E-state index contributed by atoms with van der Waals surface area (Å²) < 4.78 is 2.03. The lowest BCUT2D eigenvalue weighted by Gasteiger charge is -2.30. The van der Waals surface area contributed by atoms with E-state index in [4.69, 9.17) is 5.73 Å². The minimum Gasteiger partial charge on any atom is -0.388 e. The fraction of sp³-hybridized carbons (Fsp3) is 0.500. The molecule has 0 amide bonds. The molecule has 0 saturated heterocycles. The first kappa shape index (κ1) is 13.1. The van der Waals surface area contributed by atoms with Crippen LogP contribution >= 0.6 is 0 Å². The van der Waals surface area contributed by atoms with E-state index in [2.05, 4.69) is 4.98 Å². The van der Waals surface area contributed by atoms with Gasteiger partial charge in [-0.3, -0.25) is 0 Å². The third-order valence-electron chi connectivity index (χ3n) is 3.77. The van der Waals surface area contributed by atoms with Gasteiger partial charge in [-0.15, -0.1) is 0 Å². The molecule has 1 unspecified atom stereocenters. The van der Waals surface area contributed by atoms with Crippen LogP contribution < -0.4 is 5.73 Å². The predicted molar refractivity (Wildman–Crippen MR) is 73.3 cm³/mol. The van der Waals surface area contributed by atoms with Crippen LogP contribution in [0.5, 0.6) is 0 Å². The number of rotatable bonds is 4. The highest BCUT2D eigenvalue weighted by atomic mass is 16.3. The molecule has 0 aliphatic carbocycles. The summed E-state index contributed by atoms with van der Waals surface area (Å²) in [7, 11) is 1.97. The van der Waals surface area contributed by atoms with Gasteiger partial charge in [0.2, 0.25) is 0 Å².